The third kappa shape index (κ3) is 4.24. The Morgan fingerprint density at radius 1 is 1.10 bits per heavy atom. The molecule has 1 saturated carbocycles. The van der Waals surface area contributed by atoms with Crippen LogP contribution < -0.4 is 10.2 Å². The second kappa shape index (κ2) is 7.68. The minimum atomic E-state index is 0.903. The summed E-state index contributed by atoms with van der Waals surface area (Å²) in [5.41, 5.74) is 2.73. The van der Waals surface area contributed by atoms with Gasteiger partial charge < -0.3 is 10.2 Å². The summed E-state index contributed by atoms with van der Waals surface area (Å²) >= 11 is 0. The van der Waals surface area contributed by atoms with Gasteiger partial charge in [-0.3, -0.25) is 0 Å². The second-order valence-electron chi connectivity index (χ2n) is 6.25. The summed E-state index contributed by atoms with van der Waals surface area (Å²) in [7, 11) is 0. The van der Waals surface area contributed by atoms with Crippen LogP contribution in [-0.4, -0.2) is 19.6 Å². The van der Waals surface area contributed by atoms with Crippen LogP contribution in [0.2, 0.25) is 0 Å². The Balaban J connectivity index is 1.76. The first-order chi connectivity index (χ1) is 9.72. The highest BCUT2D eigenvalue weighted by Gasteiger charge is 2.20. The van der Waals surface area contributed by atoms with Crippen LogP contribution in [-0.2, 0) is 6.54 Å². The number of benzene rings is 1. The molecule has 0 aromatic heterocycles. The van der Waals surface area contributed by atoms with E-state index in [1.54, 1.807) is 0 Å². The van der Waals surface area contributed by atoms with Gasteiger partial charge in [0.25, 0.3) is 0 Å². The summed E-state index contributed by atoms with van der Waals surface area (Å²) in [5.74, 6) is 1.84. The van der Waals surface area contributed by atoms with Gasteiger partial charge in [0.1, 0.15) is 0 Å². The quantitative estimate of drug-likeness (QED) is 0.806. The van der Waals surface area contributed by atoms with E-state index < -0.39 is 0 Å². The van der Waals surface area contributed by atoms with Crippen molar-refractivity contribution in [2.24, 2.45) is 11.8 Å². The van der Waals surface area contributed by atoms with Crippen molar-refractivity contribution in [1.29, 1.82) is 0 Å². The van der Waals surface area contributed by atoms with E-state index in [2.05, 4.69) is 55.3 Å². The number of hydrogen-bond donors (Lipinski definition) is 1. The van der Waals surface area contributed by atoms with Crippen LogP contribution in [0.25, 0.3) is 0 Å². The third-order valence-electron chi connectivity index (χ3n) is 4.63. The van der Waals surface area contributed by atoms with Gasteiger partial charge in [0.2, 0.25) is 0 Å². The van der Waals surface area contributed by atoms with Crippen molar-refractivity contribution >= 4 is 5.69 Å². The van der Waals surface area contributed by atoms with Gasteiger partial charge in [-0.15, -0.1) is 0 Å². The molecule has 1 aliphatic carbocycles. The standard InChI is InChI=1S/C18H30N2/c1-4-20(5-2)18-10-8-16(9-11-18)13-19-14-17-7-6-15(3)12-17/h8-11,15,17,19H,4-7,12-14H2,1-3H3. The topological polar surface area (TPSA) is 15.3 Å². The molecule has 112 valence electrons. The van der Waals surface area contributed by atoms with Crippen molar-refractivity contribution in [1.82, 2.24) is 5.32 Å². The Bertz CT molecular complexity index is 381. The average molecular weight is 274 g/mol. The molecule has 0 spiro atoms. The van der Waals surface area contributed by atoms with Crippen molar-refractivity contribution in [3.8, 4) is 0 Å². The minimum absolute atomic E-state index is 0.903. The largest absolute Gasteiger partial charge is 0.372 e. The SMILES string of the molecule is CCN(CC)c1ccc(CNCC2CCC(C)C2)cc1. The van der Waals surface area contributed by atoms with Crippen LogP contribution in [0.4, 0.5) is 5.69 Å². The van der Waals surface area contributed by atoms with Crippen LogP contribution >= 0.6 is 0 Å². The first-order valence-corrected chi connectivity index (χ1v) is 8.27. The monoisotopic (exact) mass is 274 g/mol. The third-order valence-corrected chi connectivity index (χ3v) is 4.63. The molecule has 2 rings (SSSR count). The van der Waals surface area contributed by atoms with Gasteiger partial charge in [-0.2, -0.15) is 0 Å². The molecule has 0 heterocycles. The highest BCUT2D eigenvalue weighted by atomic mass is 15.1. The molecule has 1 aromatic carbocycles. The fourth-order valence-electron chi connectivity index (χ4n) is 3.34. The molecule has 1 aromatic rings. The van der Waals surface area contributed by atoms with Gasteiger partial charge in [-0.1, -0.05) is 25.5 Å². The summed E-state index contributed by atoms with van der Waals surface area (Å²) in [4.78, 5) is 2.39. The highest BCUT2D eigenvalue weighted by Crippen LogP contribution is 2.29. The Morgan fingerprint density at radius 3 is 2.35 bits per heavy atom. The zero-order chi connectivity index (χ0) is 14.4. The highest BCUT2D eigenvalue weighted by molar-refractivity contribution is 5.47. The smallest absolute Gasteiger partial charge is 0.0366 e. The Morgan fingerprint density at radius 2 is 1.80 bits per heavy atom. The summed E-state index contributed by atoms with van der Waals surface area (Å²) in [6.45, 7) is 11.1. The van der Waals surface area contributed by atoms with E-state index in [0.717, 1.165) is 31.5 Å². The minimum Gasteiger partial charge on any atom is -0.372 e. The molecule has 2 heteroatoms. The maximum Gasteiger partial charge on any atom is 0.0366 e. The Hall–Kier alpha value is -1.02. The fourth-order valence-corrected chi connectivity index (χ4v) is 3.34. The summed E-state index contributed by atoms with van der Waals surface area (Å²) in [5, 5.41) is 3.63. The zero-order valence-electron chi connectivity index (χ0n) is 13.4. The van der Waals surface area contributed by atoms with Gasteiger partial charge in [0, 0.05) is 25.3 Å². The lowest BCUT2D eigenvalue weighted by molar-refractivity contribution is 0.470. The molecular formula is C18H30N2. The number of nitrogens with one attached hydrogen (secondary N) is 1. The Labute approximate surface area is 124 Å². The van der Waals surface area contributed by atoms with E-state index in [1.165, 1.54) is 37.1 Å². The van der Waals surface area contributed by atoms with E-state index >= 15 is 0 Å². The lowest BCUT2D eigenvalue weighted by Crippen LogP contribution is -2.22. The maximum atomic E-state index is 3.63. The zero-order valence-corrected chi connectivity index (χ0v) is 13.4. The van der Waals surface area contributed by atoms with Crippen molar-refractivity contribution in [2.75, 3.05) is 24.5 Å². The average Bonchev–Trinajstić information content (AvgIpc) is 2.87. The van der Waals surface area contributed by atoms with E-state index in [9.17, 15) is 0 Å². The molecule has 0 bridgehead atoms. The van der Waals surface area contributed by atoms with E-state index in [-0.39, 0.29) is 0 Å². The van der Waals surface area contributed by atoms with Crippen LogP contribution in [0.15, 0.2) is 24.3 Å². The fraction of sp³-hybridized carbons (Fsp3) is 0.667. The lowest BCUT2D eigenvalue weighted by atomic mass is 10.1. The van der Waals surface area contributed by atoms with E-state index in [0.29, 0.717) is 0 Å². The molecule has 1 N–H and O–H groups in total. The normalized spacial score (nSPS) is 22.1. The summed E-state index contributed by atoms with van der Waals surface area (Å²) in [6, 6.07) is 9.03. The molecule has 20 heavy (non-hydrogen) atoms. The number of hydrogen-bond acceptors (Lipinski definition) is 2. The summed E-state index contributed by atoms with van der Waals surface area (Å²) in [6.07, 6.45) is 4.24. The van der Waals surface area contributed by atoms with Gasteiger partial charge >= 0.3 is 0 Å². The van der Waals surface area contributed by atoms with Crippen molar-refractivity contribution in [3.63, 3.8) is 0 Å². The maximum absolute atomic E-state index is 3.63. The molecule has 0 saturated heterocycles. The van der Waals surface area contributed by atoms with Crippen molar-refractivity contribution < 1.29 is 0 Å². The van der Waals surface area contributed by atoms with Crippen LogP contribution in [0.3, 0.4) is 0 Å². The summed E-state index contributed by atoms with van der Waals surface area (Å²) < 4.78 is 0. The molecule has 1 fully saturated rings. The first kappa shape index (κ1) is 15.4. The molecule has 2 unspecified atom stereocenters. The Kier molecular flexibility index (Phi) is 5.90. The van der Waals surface area contributed by atoms with Crippen LogP contribution in [0.1, 0.15) is 45.6 Å². The van der Waals surface area contributed by atoms with Crippen LogP contribution in [0.5, 0.6) is 0 Å². The second-order valence-corrected chi connectivity index (χ2v) is 6.25. The predicted molar refractivity (Wildman–Crippen MR) is 88.2 cm³/mol. The van der Waals surface area contributed by atoms with Gasteiger partial charge in [-0.05, 0) is 62.8 Å². The van der Waals surface area contributed by atoms with Gasteiger partial charge in [0.15, 0.2) is 0 Å². The van der Waals surface area contributed by atoms with Gasteiger partial charge in [-0.25, -0.2) is 0 Å². The predicted octanol–water partition coefficient (Wildman–Crippen LogP) is 4.06. The molecule has 0 aliphatic heterocycles. The molecule has 0 radical (unpaired) electrons. The number of rotatable bonds is 7. The first-order valence-electron chi connectivity index (χ1n) is 8.27. The number of nitrogens with zero attached hydrogens (tertiary/aromatic N) is 1. The van der Waals surface area contributed by atoms with Crippen LogP contribution in [0, 0.1) is 11.8 Å². The van der Waals surface area contributed by atoms with E-state index in [4.69, 9.17) is 0 Å². The molecule has 1 aliphatic rings. The van der Waals surface area contributed by atoms with Crippen molar-refractivity contribution in [2.45, 2.75) is 46.6 Å². The molecule has 0 amide bonds. The molecular weight excluding hydrogens is 244 g/mol. The van der Waals surface area contributed by atoms with Crippen molar-refractivity contribution in [3.05, 3.63) is 29.8 Å². The van der Waals surface area contributed by atoms with E-state index in [1.807, 2.05) is 0 Å². The number of anilines is 1. The van der Waals surface area contributed by atoms with Gasteiger partial charge in [0.05, 0.1) is 0 Å². The lowest BCUT2D eigenvalue weighted by Gasteiger charge is -2.21. The molecule has 2 atom stereocenters. The molecule has 2 nitrogen and oxygen atoms in total.